The van der Waals surface area contributed by atoms with Gasteiger partial charge in [-0.2, -0.15) is 5.10 Å². The molecule has 20 heavy (non-hydrogen) atoms. The molecule has 1 atom stereocenters. The van der Waals surface area contributed by atoms with E-state index in [1.165, 1.54) is 0 Å². The van der Waals surface area contributed by atoms with Crippen molar-refractivity contribution in [2.75, 3.05) is 6.54 Å². The summed E-state index contributed by atoms with van der Waals surface area (Å²) in [5, 5.41) is 6.80. The largest absolute Gasteiger partial charge is 0.364 e. The minimum atomic E-state index is -0.542. The van der Waals surface area contributed by atoms with E-state index in [-0.39, 0.29) is 23.6 Å². The Balaban J connectivity index is 1.80. The third-order valence-corrected chi connectivity index (χ3v) is 4.45. The van der Waals surface area contributed by atoms with Crippen LogP contribution >= 0.6 is 0 Å². The molecule has 1 saturated heterocycles. The Labute approximate surface area is 117 Å². The zero-order valence-electron chi connectivity index (χ0n) is 11.5. The minimum Gasteiger partial charge on any atom is -0.364 e. The number of nitrogens with zero attached hydrogens (tertiary/aromatic N) is 2. The van der Waals surface area contributed by atoms with Crippen LogP contribution in [0.2, 0.25) is 0 Å². The van der Waals surface area contributed by atoms with E-state index in [1.807, 2.05) is 4.90 Å². The van der Waals surface area contributed by atoms with Crippen molar-refractivity contribution in [3.05, 3.63) is 17.5 Å². The molecule has 3 rings (SSSR count). The maximum absolute atomic E-state index is 12.5. The molecule has 2 aliphatic rings. The summed E-state index contributed by atoms with van der Waals surface area (Å²) in [5.74, 6) is -0.0783. The summed E-state index contributed by atoms with van der Waals surface area (Å²) in [4.78, 5) is 25.6. The van der Waals surface area contributed by atoms with E-state index >= 15 is 0 Å². The van der Waals surface area contributed by atoms with Gasteiger partial charge in [-0.15, -0.1) is 0 Å². The molecule has 1 saturated carbocycles. The zero-order valence-corrected chi connectivity index (χ0v) is 11.5. The molecule has 6 nitrogen and oxygen atoms in total. The van der Waals surface area contributed by atoms with Crippen LogP contribution in [0.3, 0.4) is 0 Å². The molecule has 0 bridgehead atoms. The number of nitrogens with two attached hydrogens (primary N) is 1. The number of piperidine rings is 1. The van der Waals surface area contributed by atoms with Gasteiger partial charge in [0.15, 0.2) is 0 Å². The first-order valence-electron chi connectivity index (χ1n) is 7.32. The lowest BCUT2D eigenvalue weighted by Crippen LogP contribution is -2.43. The number of H-pyrrole nitrogens is 1. The molecule has 3 N–H and O–H groups in total. The number of hydrogen-bond acceptors (Lipinski definition) is 3. The maximum atomic E-state index is 12.5. The minimum absolute atomic E-state index is 0.0115. The van der Waals surface area contributed by atoms with Gasteiger partial charge in [0.25, 0.3) is 5.91 Å². The van der Waals surface area contributed by atoms with Gasteiger partial charge in [-0.3, -0.25) is 14.7 Å². The molecule has 2 fully saturated rings. The Morgan fingerprint density at radius 2 is 2.05 bits per heavy atom. The third kappa shape index (κ3) is 2.30. The van der Waals surface area contributed by atoms with Crippen molar-refractivity contribution in [1.29, 1.82) is 0 Å². The second-order valence-electron chi connectivity index (χ2n) is 5.74. The van der Waals surface area contributed by atoms with Gasteiger partial charge in [0.1, 0.15) is 5.69 Å². The van der Waals surface area contributed by atoms with Crippen molar-refractivity contribution in [2.24, 2.45) is 11.7 Å². The first-order valence-corrected chi connectivity index (χ1v) is 7.32. The van der Waals surface area contributed by atoms with E-state index in [0.717, 1.165) is 50.8 Å². The van der Waals surface area contributed by atoms with Crippen LogP contribution in [0.5, 0.6) is 0 Å². The standard InChI is InChI=1S/C14H20N4O2/c15-13(19)11-8-10(16-17-11)12-6-1-2-7-18(12)14(20)9-4-3-5-9/h8-9,12H,1-7H2,(H2,15,19)(H,16,17)/t12-/m0/s1. The summed E-state index contributed by atoms with van der Waals surface area (Å²) >= 11 is 0. The number of carbonyl (C=O) groups excluding carboxylic acids is 2. The first kappa shape index (κ1) is 13.1. The lowest BCUT2D eigenvalue weighted by atomic mass is 9.83. The van der Waals surface area contributed by atoms with Gasteiger partial charge in [-0.25, -0.2) is 0 Å². The van der Waals surface area contributed by atoms with Crippen LogP contribution in [0.15, 0.2) is 6.07 Å². The molecule has 108 valence electrons. The van der Waals surface area contributed by atoms with Gasteiger partial charge >= 0.3 is 0 Å². The number of carbonyl (C=O) groups is 2. The summed E-state index contributed by atoms with van der Waals surface area (Å²) in [7, 11) is 0. The van der Waals surface area contributed by atoms with E-state index in [1.54, 1.807) is 6.07 Å². The van der Waals surface area contributed by atoms with Crippen LogP contribution in [0.25, 0.3) is 0 Å². The van der Waals surface area contributed by atoms with Crippen molar-refractivity contribution in [2.45, 2.75) is 44.6 Å². The molecule has 0 radical (unpaired) electrons. The molecular weight excluding hydrogens is 256 g/mol. The molecule has 0 aromatic carbocycles. The van der Waals surface area contributed by atoms with Crippen LogP contribution in [0.4, 0.5) is 0 Å². The van der Waals surface area contributed by atoms with Crippen LogP contribution < -0.4 is 5.73 Å². The Kier molecular flexibility index (Phi) is 3.46. The second-order valence-corrected chi connectivity index (χ2v) is 5.74. The monoisotopic (exact) mass is 276 g/mol. The van der Waals surface area contributed by atoms with Gasteiger partial charge in [-0.1, -0.05) is 6.42 Å². The van der Waals surface area contributed by atoms with Crippen molar-refractivity contribution >= 4 is 11.8 Å². The number of rotatable bonds is 3. The number of aromatic amines is 1. The highest BCUT2D eigenvalue weighted by Crippen LogP contribution is 2.35. The molecule has 1 aliphatic heterocycles. The number of aromatic nitrogens is 2. The average molecular weight is 276 g/mol. The summed E-state index contributed by atoms with van der Waals surface area (Å²) in [5.41, 5.74) is 6.29. The van der Waals surface area contributed by atoms with Crippen molar-refractivity contribution in [3.63, 3.8) is 0 Å². The van der Waals surface area contributed by atoms with Gasteiger partial charge in [0, 0.05) is 12.5 Å². The normalized spacial score (nSPS) is 23.4. The highest BCUT2D eigenvalue weighted by atomic mass is 16.2. The summed E-state index contributed by atoms with van der Waals surface area (Å²) in [6, 6.07) is 1.69. The number of nitrogens with one attached hydrogen (secondary N) is 1. The van der Waals surface area contributed by atoms with E-state index in [0.29, 0.717) is 0 Å². The van der Waals surface area contributed by atoms with Crippen molar-refractivity contribution in [1.82, 2.24) is 15.1 Å². The highest BCUT2D eigenvalue weighted by molar-refractivity contribution is 5.90. The Bertz CT molecular complexity index is 521. The predicted octanol–water partition coefficient (Wildman–Crippen LogP) is 1.36. The summed E-state index contributed by atoms with van der Waals surface area (Å²) in [6.45, 7) is 0.797. The van der Waals surface area contributed by atoms with Crippen LogP contribution in [0.1, 0.15) is 60.7 Å². The fourth-order valence-electron chi connectivity index (χ4n) is 3.04. The number of likely N-dealkylation sites (tertiary alicyclic amines) is 1. The average Bonchev–Trinajstić information content (AvgIpc) is 2.86. The Morgan fingerprint density at radius 1 is 1.25 bits per heavy atom. The fraction of sp³-hybridized carbons (Fsp3) is 0.643. The predicted molar refractivity (Wildman–Crippen MR) is 72.8 cm³/mol. The van der Waals surface area contributed by atoms with Gasteiger partial charge < -0.3 is 10.6 Å². The molecule has 1 aliphatic carbocycles. The molecule has 6 heteroatoms. The SMILES string of the molecule is NC(=O)c1cc([C@@H]2CCCCN2C(=O)C2CCC2)[nH]n1. The molecule has 0 unspecified atom stereocenters. The smallest absolute Gasteiger partial charge is 0.269 e. The van der Waals surface area contributed by atoms with E-state index in [2.05, 4.69) is 10.2 Å². The second kappa shape index (κ2) is 5.26. The third-order valence-electron chi connectivity index (χ3n) is 4.45. The molecule has 2 amide bonds. The van der Waals surface area contributed by atoms with Gasteiger partial charge in [0.05, 0.1) is 11.7 Å². The molecule has 2 heterocycles. The van der Waals surface area contributed by atoms with E-state index in [4.69, 9.17) is 5.73 Å². The van der Waals surface area contributed by atoms with Crippen LogP contribution in [-0.2, 0) is 4.79 Å². The van der Waals surface area contributed by atoms with Crippen molar-refractivity contribution < 1.29 is 9.59 Å². The van der Waals surface area contributed by atoms with E-state index in [9.17, 15) is 9.59 Å². The topological polar surface area (TPSA) is 92.1 Å². The molecule has 1 aromatic heterocycles. The lowest BCUT2D eigenvalue weighted by molar-refractivity contribution is -0.142. The fourth-order valence-corrected chi connectivity index (χ4v) is 3.04. The summed E-state index contributed by atoms with van der Waals surface area (Å²) in [6.07, 6.45) is 6.23. The molecular formula is C14H20N4O2. The maximum Gasteiger partial charge on any atom is 0.269 e. The first-order chi connectivity index (χ1) is 9.66. The Morgan fingerprint density at radius 3 is 2.65 bits per heavy atom. The quantitative estimate of drug-likeness (QED) is 0.873. The van der Waals surface area contributed by atoms with Crippen molar-refractivity contribution in [3.8, 4) is 0 Å². The molecule has 1 aromatic rings. The highest BCUT2D eigenvalue weighted by Gasteiger charge is 2.35. The van der Waals surface area contributed by atoms with E-state index < -0.39 is 5.91 Å². The van der Waals surface area contributed by atoms with Crippen LogP contribution in [0, 0.1) is 5.92 Å². The Hall–Kier alpha value is -1.85. The number of hydrogen-bond donors (Lipinski definition) is 2. The van der Waals surface area contributed by atoms with Gasteiger partial charge in [0.2, 0.25) is 5.91 Å². The molecule has 0 spiro atoms. The van der Waals surface area contributed by atoms with Crippen LogP contribution in [-0.4, -0.2) is 33.5 Å². The number of amides is 2. The lowest BCUT2D eigenvalue weighted by Gasteiger charge is -2.39. The van der Waals surface area contributed by atoms with Gasteiger partial charge in [-0.05, 0) is 38.2 Å². The zero-order chi connectivity index (χ0) is 14.1. The summed E-state index contributed by atoms with van der Waals surface area (Å²) < 4.78 is 0. The number of primary amides is 1.